The number of halogens is 6. The molecule has 12 aromatic rings. The molecule has 118 heavy (non-hydrogen) atoms. The number of aliphatic hydroxyl groups excluding tert-OH is 2. The van der Waals surface area contributed by atoms with Crippen molar-refractivity contribution >= 4 is 156 Å². The minimum atomic E-state index is -0.651. The van der Waals surface area contributed by atoms with Crippen LogP contribution in [-0.2, 0) is 77.6 Å². The van der Waals surface area contributed by atoms with Crippen molar-refractivity contribution in [2.45, 2.75) is 74.0 Å². The molecule has 3 amide bonds. The van der Waals surface area contributed by atoms with E-state index in [0.29, 0.717) is 132 Å². The summed E-state index contributed by atoms with van der Waals surface area (Å²) in [6, 6.07) is 31.0. The number of hydrogen-bond acceptors (Lipinski definition) is 22. The number of aryl methyl sites for hydroxylation is 3. The van der Waals surface area contributed by atoms with Gasteiger partial charge in [0.05, 0.1) is 67.1 Å². The quantitative estimate of drug-likeness (QED) is 0.0168. The Hall–Kier alpha value is -10.2. The van der Waals surface area contributed by atoms with E-state index in [1.165, 1.54) is 36.9 Å². The van der Waals surface area contributed by atoms with Crippen molar-refractivity contribution in [2.24, 2.45) is 14.1 Å². The maximum atomic E-state index is 13.1. The molecule has 0 aliphatic rings. The van der Waals surface area contributed by atoms with Crippen LogP contribution in [0.4, 0.5) is 5.69 Å². The second-order valence-corrected chi connectivity index (χ2v) is 28.2. The van der Waals surface area contributed by atoms with Gasteiger partial charge in [-0.05, 0) is 198 Å². The number of carbonyl (C=O) groups excluding carboxylic acids is 4. The van der Waals surface area contributed by atoms with E-state index in [-0.39, 0.29) is 128 Å². The Kier molecular flexibility index (Phi) is 37.7. The number of benzene rings is 3. The van der Waals surface area contributed by atoms with Crippen LogP contribution in [0.2, 0.25) is 15.1 Å². The zero-order valence-corrected chi connectivity index (χ0v) is 74.9. The normalized spacial score (nSPS) is 10.5. The van der Waals surface area contributed by atoms with Gasteiger partial charge in [0.25, 0.3) is 17.7 Å². The van der Waals surface area contributed by atoms with Crippen molar-refractivity contribution in [1.82, 2.24) is 60.0 Å². The Labute approximate surface area is 741 Å². The molecule has 0 bridgehead atoms. The van der Waals surface area contributed by atoms with Crippen LogP contribution in [0.5, 0.6) is 29.4 Å². The predicted molar refractivity (Wildman–Crippen MR) is 458 cm³/mol. The summed E-state index contributed by atoms with van der Waals surface area (Å²) in [4.78, 5) is 129. The number of esters is 1. The molecule has 9 aromatic heterocycles. The number of nitrogens with one attached hydrogen (secondary N) is 4. The number of H-pyrrole nitrogens is 1. The molecule has 36 heteroatoms. The number of aromatic amines is 1. The van der Waals surface area contributed by atoms with E-state index in [1.807, 2.05) is 39.8 Å². The Morgan fingerprint density at radius 2 is 0.949 bits per heavy atom. The van der Waals surface area contributed by atoms with Crippen LogP contribution in [-0.4, -0.2) is 126 Å². The molecule has 12 rings (SSSR count). The number of pyridine rings is 9. The van der Waals surface area contributed by atoms with E-state index < -0.39 is 40.0 Å². The zero-order valence-electron chi connectivity index (χ0n) is 65.0. The molecule has 615 valence electrons. The third-order valence-corrected chi connectivity index (χ3v) is 18.3. The first-order valence-corrected chi connectivity index (χ1v) is 39.7. The minimum absolute atomic E-state index is 0. The Balaban J connectivity index is 0.000000209. The molecule has 0 saturated carbocycles. The van der Waals surface area contributed by atoms with Gasteiger partial charge >= 0.3 is 5.97 Å². The average Bonchev–Trinajstić information content (AvgIpc) is 0.770. The van der Waals surface area contributed by atoms with E-state index in [2.05, 4.69) is 110 Å². The number of ether oxygens (including phenoxy) is 6. The van der Waals surface area contributed by atoms with Crippen molar-refractivity contribution in [3.05, 3.63) is 254 Å². The van der Waals surface area contributed by atoms with E-state index in [1.54, 1.807) is 122 Å². The first kappa shape index (κ1) is 95.0. The number of fused-ring (bicyclic) bond motifs is 4. The average molecular weight is 1940 g/mol. The Morgan fingerprint density at radius 1 is 0.517 bits per heavy atom. The molecule has 0 fully saturated rings. The monoisotopic (exact) mass is 1930 g/mol. The Morgan fingerprint density at radius 3 is 1.44 bits per heavy atom. The molecular weight excluding hydrogens is 1860 g/mol. The van der Waals surface area contributed by atoms with Crippen molar-refractivity contribution in [3.8, 4) is 41.2 Å². The number of anilines is 1. The second-order valence-electron chi connectivity index (χ2n) is 24.5. The molecule has 29 nitrogen and oxygen atoms in total. The number of aromatic nitrogens is 9. The van der Waals surface area contributed by atoms with Crippen LogP contribution in [0.3, 0.4) is 0 Å². The molecule has 8 N–H and O–H groups in total. The van der Waals surface area contributed by atoms with E-state index in [4.69, 9.17) is 79.2 Å². The van der Waals surface area contributed by atoms with E-state index in [0.717, 1.165) is 21.3 Å². The summed E-state index contributed by atoms with van der Waals surface area (Å²) >= 11 is 27.3. The maximum absolute atomic E-state index is 13.1. The summed E-state index contributed by atoms with van der Waals surface area (Å²) in [5.41, 5.74) is 9.70. The number of nitrogens with zero attached hydrogens (tertiary/aromatic N) is 8. The molecule has 0 aliphatic carbocycles. The van der Waals surface area contributed by atoms with Gasteiger partial charge in [0.2, 0.25) is 39.8 Å². The number of rotatable bonds is 24. The summed E-state index contributed by atoms with van der Waals surface area (Å²) in [6.07, 6.45) is 6.56. The van der Waals surface area contributed by atoms with Crippen molar-refractivity contribution < 1.29 is 90.5 Å². The van der Waals surface area contributed by atoms with Crippen LogP contribution in [0.25, 0.3) is 43.6 Å². The van der Waals surface area contributed by atoms with Gasteiger partial charge in [0.15, 0.2) is 11.3 Å². The van der Waals surface area contributed by atoms with Crippen molar-refractivity contribution in [2.75, 3.05) is 58.6 Å². The predicted octanol–water partition coefficient (Wildman–Crippen LogP) is 12.5. The number of aliphatic hydroxyl groups is 2. The maximum Gasteiger partial charge on any atom is 0.343 e. The fourth-order valence-electron chi connectivity index (χ4n) is 11.0. The fourth-order valence-corrected chi connectivity index (χ4v) is 12.5. The fraction of sp³-hybridized carbons (Fsp3) is 0.256. The SMILES string of the molecule is CCOC(=O)c1c[nH]c2c(OCC)nc(Br)cc2c1=O.CCOc1nc(Br)cc2c(=O)c(C(=O)NCc3ccc(Cl)cc3)c[n-]c12.CCOc1nc(Br)ccc1N.CCOc1nc(C#CCO)cc2c(=O)c(C(=O)NCc3ccc(Cl)cc3)cn(C)c12.CCOc1nc(CCCO)cc2c(=O)c(C(=O)NCc3ccc(Cl)cc3)cn(C)c12.[Y]. The molecule has 0 saturated heterocycles. The summed E-state index contributed by atoms with van der Waals surface area (Å²) in [5.74, 6) is 4.72. The van der Waals surface area contributed by atoms with Gasteiger partial charge in [-0.2, -0.15) is 6.20 Å². The van der Waals surface area contributed by atoms with Crippen molar-refractivity contribution in [3.63, 3.8) is 0 Å². The third kappa shape index (κ3) is 25.9. The standard InChI is InChI=1S/C22H24ClN3O4.C22H20ClN3O4.C18H15BrClN3O3.C13H13BrN2O4.C7H9BrN2O.Y/c2*1-3-30-22-19-17(11-16(25-22)5-4-10-27)20(28)18(13-26(19)2)21(29)24-12-14-6-8-15(23)9-7-14;1-2-26-18-15-12(7-14(19)23-18)16(24)13(9-21-15)17(25)22-8-10-3-5-11(20)6-4-10;1-3-19-12-10-7(5-9(14)16-12)11(17)8(6-15-10)13(18)20-4-2;1-2-11-7-5(9)3-4-6(8)10-7;/h6-9,11,13,27H,3-5,10,12H2,1-2H3,(H,24,29);6-9,11,13,27H,3,10,12H2,1-2H3,(H,24,29);3-7,9H,2,8H2,1H3,(H2,21,22,24,25);5-6H,3-4H2,1-2H3,(H,15,17);3-4H,2,9H2,1H3;/p-1. The largest absolute Gasteiger partial charge is 0.658 e. The topological polar surface area (TPSA) is 399 Å². The minimum Gasteiger partial charge on any atom is -0.658 e. The van der Waals surface area contributed by atoms with Gasteiger partial charge in [-0.15, -0.1) is 0 Å². The van der Waals surface area contributed by atoms with Crippen LogP contribution >= 0.6 is 82.6 Å². The molecule has 0 atom stereocenters. The molecule has 0 spiro atoms. The van der Waals surface area contributed by atoms with E-state index >= 15 is 0 Å². The van der Waals surface area contributed by atoms with Gasteiger partial charge in [-0.3, -0.25) is 33.6 Å². The summed E-state index contributed by atoms with van der Waals surface area (Å²) in [5, 5.41) is 29.4. The smallest absolute Gasteiger partial charge is 0.343 e. The molecular formula is C82H80Br3Cl3N13O16Y-. The number of hydrogen-bond donors (Lipinski definition) is 7. The summed E-state index contributed by atoms with van der Waals surface area (Å²) in [6.45, 7) is 13.7. The second kappa shape index (κ2) is 46.8. The van der Waals surface area contributed by atoms with Gasteiger partial charge in [0.1, 0.15) is 59.4 Å². The van der Waals surface area contributed by atoms with Crippen LogP contribution in [0.1, 0.15) is 117 Å². The Bertz CT molecular complexity index is 5900. The van der Waals surface area contributed by atoms with Crippen LogP contribution < -0.4 is 72.1 Å². The number of carbonyl (C=O) groups is 4. The molecule has 0 unspecified atom stereocenters. The van der Waals surface area contributed by atoms with Crippen molar-refractivity contribution in [1.29, 1.82) is 0 Å². The first-order chi connectivity index (χ1) is 56.2. The number of amides is 3. The zero-order chi connectivity index (χ0) is 85.0. The van der Waals surface area contributed by atoms with Gasteiger partial charge < -0.3 is 79.4 Å². The molecule has 9 heterocycles. The summed E-state index contributed by atoms with van der Waals surface area (Å²) in [7, 11) is 3.45. The van der Waals surface area contributed by atoms with E-state index in [9.17, 15) is 38.4 Å². The first-order valence-electron chi connectivity index (χ1n) is 36.2. The number of nitrogen functional groups attached to an aromatic ring is 1. The van der Waals surface area contributed by atoms with Gasteiger partial charge in [-0.1, -0.05) is 82.6 Å². The summed E-state index contributed by atoms with van der Waals surface area (Å²) < 4.78 is 37.0. The molecule has 0 aliphatic heterocycles. The van der Waals surface area contributed by atoms with Crippen LogP contribution in [0.15, 0.2) is 167 Å². The molecule has 1 radical (unpaired) electrons. The van der Waals surface area contributed by atoms with Gasteiger partial charge in [-0.25, -0.2) is 29.7 Å². The third-order valence-electron chi connectivity index (χ3n) is 16.3. The van der Waals surface area contributed by atoms with Gasteiger partial charge in [0, 0.05) is 118 Å². The van der Waals surface area contributed by atoms with Crippen LogP contribution in [0, 0.1) is 11.8 Å². The number of nitrogens with two attached hydrogens (primary N) is 1. The molecule has 3 aromatic carbocycles.